The Hall–Kier alpha value is -3.92. The van der Waals surface area contributed by atoms with Crippen LogP contribution in [0.25, 0.3) is 10.9 Å². The molecule has 3 rings (SSSR count). The molecule has 7 nitrogen and oxygen atoms in total. The van der Waals surface area contributed by atoms with Crippen molar-refractivity contribution in [3.8, 4) is 11.8 Å². The highest BCUT2D eigenvalue weighted by atomic mass is 16.6. The summed E-state index contributed by atoms with van der Waals surface area (Å²) >= 11 is 0. The Balaban J connectivity index is 1.62. The Bertz CT molecular complexity index is 1040. The van der Waals surface area contributed by atoms with Crippen molar-refractivity contribution in [3.63, 3.8) is 0 Å². The molecule has 1 aromatic heterocycles. The first-order chi connectivity index (χ1) is 13.1. The van der Waals surface area contributed by atoms with E-state index in [-0.39, 0.29) is 18.8 Å². The molecule has 2 aromatic carbocycles. The first kappa shape index (κ1) is 17.9. The van der Waals surface area contributed by atoms with Crippen molar-refractivity contribution >= 4 is 22.7 Å². The van der Waals surface area contributed by atoms with Crippen molar-refractivity contribution in [1.29, 1.82) is 0 Å². The Morgan fingerprint density at radius 3 is 2.74 bits per heavy atom. The van der Waals surface area contributed by atoms with Gasteiger partial charge in [-0.25, -0.2) is 4.79 Å². The molecular formula is C20H15N3O4. The van der Waals surface area contributed by atoms with Crippen LogP contribution in [0.4, 0.5) is 10.5 Å². The number of aromatic nitrogens is 1. The number of fused-ring (bicyclic) bond motifs is 1. The minimum Gasteiger partial charge on any atom is -0.445 e. The molecule has 0 aliphatic heterocycles. The van der Waals surface area contributed by atoms with Gasteiger partial charge in [-0.2, -0.15) is 0 Å². The van der Waals surface area contributed by atoms with E-state index in [2.05, 4.69) is 22.1 Å². The second-order valence-corrected chi connectivity index (χ2v) is 5.51. The van der Waals surface area contributed by atoms with Crippen LogP contribution in [0.15, 0.2) is 60.8 Å². The summed E-state index contributed by atoms with van der Waals surface area (Å²) in [6, 6.07) is 15.6. The third-order valence-electron chi connectivity index (χ3n) is 3.70. The zero-order valence-corrected chi connectivity index (χ0v) is 14.2. The molecular weight excluding hydrogens is 346 g/mol. The van der Waals surface area contributed by atoms with E-state index in [1.54, 1.807) is 24.4 Å². The summed E-state index contributed by atoms with van der Waals surface area (Å²) in [6.07, 6.45) is 0.982. The highest BCUT2D eigenvalue weighted by molar-refractivity contribution is 5.92. The van der Waals surface area contributed by atoms with Crippen LogP contribution in [0.2, 0.25) is 0 Å². The number of non-ortho nitro benzene ring substituents is 1. The molecule has 1 N–H and O–H groups in total. The van der Waals surface area contributed by atoms with Gasteiger partial charge < -0.3 is 10.1 Å². The Labute approximate surface area is 155 Å². The number of nitro groups is 1. The number of alkyl carbamates (subject to hydrolysis) is 1. The molecule has 0 unspecified atom stereocenters. The van der Waals surface area contributed by atoms with E-state index in [4.69, 9.17) is 4.74 Å². The third kappa shape index (κ3) is 4.58. The number of rotatable bonds is 4. The number of hydrogen-bond donors (Lipinski definition) is 1. The van der Waals surface area contributed by atoms with Gasteiger partial charge in [0.25, 0.3) is 5.69 Å². The minimum atomic E-state index is -0.570. The summed E-state index contributed by atoms with van der Waals surface area (Å²) in [5.74, 6) is 5.68. The van der Waals surface area contributed by atoms with Crippen molar-refractivity contribution in [2.24, 2.45) is 0 Å². The van der Waals surface area contributed by atoms with Crippen molar-refractivity contribution in [1.82, 2.24) is 10.3 Å². The smallest absolute Gasteiger partial charge is 0.408 e. The van der Waals surface area contributed by atoms with Gasteiger partial charge in [0.1, 0.15) is 6.61 Å². The van der Waals surface area contributed by atoms with Crippen molar-refractivity contribution in [2.75, 3.05) is 6.54 Å². The van der Waals surface area contributed by atoms with E-state index >= 15 is 0 Å². The summed E-state index contributed by atoms with van der Waals surface area (Å²) in [4.78, 5) is 26.5. The molecule has 0 radical (unpaired) electrons. The maximum atomic E-state index is 11.7. The number of pyridine rings is 1. The van der Waals surface area contributed by atoms with E-state index in [0.717, 1.165) is 5.56 Å². The van der Waals surface area contributed by atoms with Gasteiger partial charge >= 0.3 is 6.09 Å². The quantitative estimate of drug-likeness (QED) is 0.436. The molecule has 1 heterocycles. The summed E-state index contributed by atoms with van der Waals surface area (Å²) < 4.78 is 5.09. The third-order valence-corrected chi connectivity index (χ3v) is 3.70. The first-order valence-corrected chi connectivity index (χ1v) is 8.10. The number of nitro benzene ring substituents is 1. The normalized spacial score (nSPS) is 9.93. The number of nitrogens with zero attached hydrogens (tertiary/aromatic N) is 2. The SMILES string of the molecule is O=C(NCC#Cc1ccc([N+](=O)[O-])c2cccnc12)OCc1ccccc1. The average Bonchev–Trinajstić information content (AvgIpc) is 2.70. The Morgan fingerprint density at radius 2 is 1.96 bits per heavy atom. The number of hydrogen-bond acceptors (Lipinski definition) is 5. The van der Waals surface area contributed by atoms with Crippen LogP contribution < -0.4 is 5.32 Å². The zero-order valence-electron chi connectivity index (χ0n) is 14.2. The highest BCUT2D eigenvalue weighted by Gasteiger charge is 2.13. The largest absolute Gasteiger partial charge is 0.445 e. The molecule has 0 fully saturated rings. The second kappa shape index (κ2) is 8.45. The molecule has 1 amide bonds. The number of carbonyl (C=O) groups is 1. The molecule has 0 aliphatic carbocycles. The van der Waals surface area contributed by atoms with Crippen LogP contribution in [-0.4, -0.2) is 22.5 Å². The molecule has 7 heteroatoms. The number of amides is 1. The molecule has 0 saturated carbocycles. The van der Waals surface area contributed by atoms with Crippen molar-refractivity contribution < 1.29 is 14.5 Å². The van der Waals surface area contributed by atoms with Gasteiger partial charge in [-0.1, -0.05) is 42.2 Å². The summed E-state index contributed by atoms with van der Waals surface area (Å²) in [5.41, 5.74) is 1.87. The second-order valence-electron chi connectivity index (χ2n) is 5.51. The van der Waals surface area contributed by atoms with Crippen molar-refractivity contribution in [3.05, 3.63) is 82.0 Å². The maximum Gasteiger partial charge on any atom is 0.408 e. The van der Waals surface area contributed by atoms with Crippen LogP contribution in [0.1, 0.15) is 11.1 Å². The van der Waals surface area contributed by atoms with Crippen LogP contribution in [0.5, 0.6) is 0 Å². The molecule has 0 spiro atoms. The Morgan fingerprint density at radius 1 is 1.15 bits per heavy atom. The van der Waals surface area contributed by atoms with E-state index in [1.807, 2.05) is 30.3 Å². The maximum absolute atomic E-state index is 11.7. The predicted molar refractivity (Wildman–Crippen MR) is 99.9 cm³/mol. The topological polar surface area (TPSA) is 94.4 Å². The average molecular weight is 361 g/mol. The van der Waals surface area contributed by atoms with Gasteiger partial charge in [0.2, 0.25) is 0 Å². The fourth-order valence-electron chi connectivity index (χ4n) is 2.45. The van der Waals surface area contributed by atoms with Gasteiger partial charge in [0.05, 0.1) is 27.9 Å². The van der Waals surface area contributed by atoms with Gasteiger partial charge in [-0.15, -0.1) is 0 Å². The number of nitrogens with one attached hydrogen (secondary N) is 1. The molecule has 0 aliphatic rings. The molecule has 0 atom stereocenters. The lowest BCUT2D eigenvalue weighted by Gasteiger charge is -2.04. The summed E-state index contributed by atoms with van der Waals surface area (Å²) in [6.45, 7) is 0.260. The van der Waals surface area contributed by atoms with E-state index in [1.165, 1.54) is 6.07 Å². The van der Waals surface area contributed by atoms with E-state index < -0.39 is 11.0 Å². The molecule has 3 aromatic rings. The van der Waals surface area contributed by atoms with Crippen LogP contribution in [-0.2, 0) is 11.3 Å². The van der Waals surface area contributed by atoms with Crippen molar-refractivity contribution in [2.45, 2.75) is 6.61 Å². The van der Waals surface area contributed by atoms with Gasteiger partial charge in [0.15, 0.2) is 0 Å². The lowest BCUT2D eigenvalue weighted by molar-refractivity contribution is -0.383. The molecule has 27 heavy (non-hydrogen) atoms. The molecule has 134 valence electrons. The van der Waals surface area contributed by atoms with Crippen LogP contribution >= 0.6 is 0 Å². The van der Waals surface area contributed by atoms with Gasteiger partial charge in [-0.05, 0) is 23.8 Å². The molecule has 0 bridgehead atoms. The minimum absolute atomic E-state index is 0.0220. The fraction of sp³-hybridized carbons (Fsp3) is 0.100. The highest BCUT2D eigenvalue weighted by Crippen LogP contribution is 2.26. The van der Waals surface area contributed by atoms with E-state index in [9.17, 15) is 14.9 Å². The van der Waals surface area contributed by atoms with Gasteiger partial charge in [0, 0.05) is 12.3 Å². The lowest BCUT2D eigenvalue weighted by atomic mass is 10.1. The predicted octanol–water partition coefficient (Wildman–Crippen LogP) is 3.42. The zero-order chi connectivity index (χ0) is 19.1. The number of carbonyl (C=O) groups excluding carboxylic acids is 1. The van der Waals surface area contributed by atoms with Crippen LogP contribution in [0.3, 0.4) is 0 Å². The van der Waals surface area contributed by atoms with Gasteiger partial charge in [-0.3, -0.25) is 15.1 Å². The fourth-order valence-corrected chi connectivity index (χ4v) is 2.45. The Kier molecular flexibility index (Phi) is 5.60. The number of benzene rings is 2. The standard InChI is InChI=1S/C20H15N3O4/c24-20(27-14-15-6-2-1-3-7-15)22-13-4-8-16-10-11-18(23(25)26)17-9-5-12-21-19(16)17/h1-3,5-7,9-12H,13-14H2,(H,22,24). The lowest BCUT2D eigenvalue weighted by Crippen LogP contribution is -2.24. The first-order valence-electron chi connectivity index (χ1n) is 8.10. The number of ether oxygens (including phenoxy) is 1. The monoisotopic (exact) mass is 361 g/mol. The molecule has 0 saturated heterocycles. The summed E-state index contributed by atoms with van der Waals surface area (Å²) in [7, 11) is 0. The van der Waals surface area contributed by atoms with E-state index in [0.29, 0.717) is 16.5 Å². The van der Waals surface area contributed by atoms with Crippen LogP contribution in [0, 0.1) is 22.0 Å². The summed E-state index contributed by atoms with van der Waals surface area (Å²) in [5, 5.41) is 14.1.